The van der Waals surface area contributed by atoms with Crippen molar-refractivity contribution in [2.45, 2.75) is 38.3 Å². The molecule has 0 radical (unpaired) electrons. The molecule has 1 aromatic carbocycles. The van der Waals surface area contributed by atoms with Crippen LogP contribution in [0.5, 0.6) is 17.2 Å². The van der Waals surface area contributed by atoms with Crippen molar-refractivity contribution in [2.24, 2.45) is 5.92 Å². The van der Waals surface area contributed by atoms with E-state index in [4.69, 9.17) is 30.3 Å². The number of ether oxygens (including phenoxy) is 3. The summed E-state index contributed by atoms with van der Waals surface area (Å²) >= 11 is 8.14. The lowest BCUT2D eigenvalue weighted by Gasteiger charge is -2.35. The third-order valence-corrected chi connectivity index (χ3v) is 7.12. The summed E-state index contributed by atoms with van der Waals surface area (Å²) in [5.74, 6) is 1.08. The van der Waals surface area contributed by atoms with Gasteiger partial charge in [-0.05, 0) is 31.8 Å². The molecule has 0 unspecified atom stereocenters. The van der Waals surface area contributed by atoms with Crippen LogP contribution in [0.2, 0.25) is 5.02 Å². The van der Waals surface area contributed by atoms with Crippen LogP contribution < -0.4 is 19.5 Å². The van der Waals surface area contributed by atoms with Crippen molar-refractivity contribution in [3.63, 3.8) is 0 Å². The maximum Gasteiger partial charge on any atom is 0.249 e. The molecular formula is C23H26ClN3O6S. The Morgan fingerprint density at radius 3 is 2.65 bits per heavy atom. The number of fused-ring (bicyclic) bond motifs is 1. The fourth-order valence-electron chi connectivity index (χ4n) is 4.40. The second kappa shape index (κ2) is 9.50. The zero-order chi connectivity index (χ0) is 24.6. The van der Waals surface area contributed by atoms with E-state index >= 15 is 0 Å². The number of hydrogen-bond donors (Lipinski definition) is 1. The average Bonchev–Trinajstić information content (AvgIpc) is 3.38. The molecule has 1 spiro atoms. The average molecular weight is 508 g/mol. The van der Waals surface area contributed by atoms with Crippen LogP contribution in [0, 0.1) is 12.8 Å². The van der Waals surface area contributed by atoms with Gasteiger partial charge in [-0.3, -0.25) is 9.59 Å². The number of nitrogens with one attached hydrogen (secondary N) is 1. The van der Waals surface area contributed by atoms with Gasteiger partial charge < -0.3 is 24.1 Å². The van der Waals surface area contributed by atoms with Gasteiger partial charge >= 0.3 is 0 Å². The number of Topliss-reactive ketones (excluding diaryl/α,β-unsaturated/α-hetero) is 1. The highest BCUT2D eigenvalue weighted by molar-refractivity contribution is 7.98. The fraction of sp³-hybridized carbons (Fsp3) is 0.478. The van der Waals surface area contributed by atoms with Gasteiger partial charge in [-0.2, -0.15) is 16.7 Å². The van der Waals surface area contributed by atoms with Crippen molar-refractivity contribution in [3.05, 3.63) is 40.1 Å². The summed E-state index contributed by atoms with van der Waals surface area (Å²) in [4.78, 5) is 31.4. The van der Waals surface area contributed by atoms with Crippen molar-refractivity contribution >= 4 is 34.9 Å². The van der Waals surface area contributed by atoms with Crippen molar-refractivity contribution in [2.75, 3.05) is 26.2 Å². The maximum absolute atomic E-state index is 13.6. The molecule has 1 aromatic heterocycles. The highest BCUT2D eigenvalue weighted by Gasteiger charge is 2.60. The van der Waals surface area contributed by atoms with Crippen molar-refractivity contribution in [1.82, 2.24) is 15.5 Å². The number of halogens is 1. The molecule has 2 heterocycles. The minimum absolute atomic E-state index is 0.104. The SMILES string of the molecule is COc1cc(OC)c2c(c1Cl)O[C@@]1(C(=O)C=C(N[C@@H](CCSC)c3nc(C)no3)C[C@H]1C)C2=O. The molecule has 1 aliphatic carbocycles. The minimum Gasteiger partial charge on any atom is -0.496 e. The lowest BCUT2D eigenvalue weighted by atomic mass is 9.74. The number of nitrogens with zero attached hydrogens (tertiary/aromatic N) is 2. The van der Waals surface area contributed by atoms with Gasteiger partial charge in [0.2, 0.25) is 23.1 Å². The summed E-state index contributed by atoms with van der Waals surface area (Å²) < 4.78 is 22.1. The number of carbonyl (C=O) groups excluding carboxylic acids is 2. The molecule has 4 rings (SSSR count). The Morgan fingerprint density at radius 2 is 2.06 bits per heavy atom. The summed E-state index contributed by atoms with van der Waals surface area (Å²) in [5, 5.41) is 7.37. The molecular weight excluding hydrogens is 482 g/mol. The summed E-state index contributed by atoms with van der Waals surface area (Å²) in [6, 6.07) is 1.26. The van der Waals surface area contributed by atoms with Crippen molar-refractivity contribution in [3.8, 4) is 17.2 Å². The number of ketones is 2. The van der Waals surface area contributed by atoms with Gasteiger partial charge in [0.1, 0.15) is 28.1 Å². The Hall–Kier alpha value is -2.72. The molecule has 1 N–H and O–H groups in total. The van der Waals surface area contributed by atoms with Gasteiger partial charge in [-0.1, -0.05) is 23.7 Å². The number of allylic oxidation sites excluding steroid dienone is 1. The first-order valence-corrected chi connectivity index (χ1v) is 12.5. The molecule has 0 amide bonds. The molecule has 182 valence electrons. The topological polar surface area (TPSA) is 113 Å². The Balaban J connectivity index is 1.66. The van der Waals surface area contributed by atoms with Crippen LogP contribution in [0.1, 0.15) is 47.9 Å². The monoisotopic (exact) mass is 507 g/mol. The number of carbonyl (C=O) groups is 2. The summed E-state index contributed by atoms with van der Waals surface area (Å²) in [6.45, 7) is 3.56. The van der Waals surface area contributed by atoms with Crippen LogP contribution in [0.4, 0.5) is 0 Å². The largest absolute Gasteiger partial charge is 0.496 e. The first-order valence-electron chi connectivity index (χ1n) is 10.8. The second-order valence-corrected chi connectivity index (χ2v) is 9.63. The Labute approximate surface area is 206 Å². The molecule has 2 aliphatic rings. The predicted octanol–water partition coefficient (Wildman–Crippen LogP) is 3.94. The molecule has 34 heavy (non-hydrogen) atoms. The summed E-state index contributed by atoms with van der Waals surface area (Å²) in [6.07, 6.45) is 4.56. The van der Waals surface area contributed by atoms with Crippen LogP contribution in [-0.4, -0.2) is 53.5 Å². The third-order valence-electron chi connectivity index (χ3n) is 6.12. The van der Waals surface area contributed by atoms with Gasteiger partial charge in [0.15, 0.2) is 11.6 Å². The predicted molar refractivity (Wildman–Crippen MR) is 127 cm³/mol. The highest BCUT2D eigenvalue weighted by atomic mass is 35.5. The van der Waals surface area contributed by atoms with Crippen LogP contribution in [0.15, 0.2) is 22.4 Å². The van der Waals surface area contributed by atoms with Gasteiger partial charge in [0.05, 0.1) is 14.2 Å². The van der Waals surface area contributed by atoms with Crippen LogP contribution in [-0.2, 0) is 4.79 Å². The van der Waals surface area contributed by atoms with Gasteiger partial charge in [-0.15, -0.1) is 0 Å². The quantitative estimate of drug-likeness (QED) is 0.527. The Bertz CT molecular complexity index is 1170. The number of thioether (sulfide) groups is 1. The zero-order valence-electron chi connectivity index (χ0n) is 19.6. The Morgan fingerprint density at radius 1 is 1.32 bits per heavy atom. The third kappa shape index (κ3) is 3.92. The van der Waals surface area contributed by atoms with Crippen LogP contribution in [0.25, 0.3) is 0 Å². The molecule has 2 aromatic rings. The lowest BCUT2D eigenvalue weighted by molar-refractivity contribution is -0.129. The van der Waals surface area contributed by atoms with E-state index < -0.39 is 23.1 Å². The van der Waals surface area contributed by atoms with Gasteiger partial charge in [-0.25, -0.2) is 0 Å². The van der Waals surface area contributed by atoms with E-state index in [1.807, 2.05) is 13.2 Å². The molecule has 9 nitrogen and oxygen atoms in total. The van der Waals surface area contributed by atoms with E-state index in [2.05, 4.69) is 15.5 Å². The first kappa shape index (κ1) is 24.4. The summed E-state index contributed by atoms with van der Waals surface area (Å²) in [7, 11) is 2.89. The molecule has 0 saturated carbocycles. The number of hydrogen-bond acceptors (Lipinski definition) is 10. The van der Waals surface area contributed by atoms with Gasteiger partial charge in [0, 0.05) is 23.8 Å². The van der Waals surface area contributed by atoms with E-state index in [0.29, 0.717) is 29.6 Å². The smallest absolute Gasteiger partial charge is 0.249 e. The zero-order valence-corrected chi connectivity index (χ0v) is 21.1. The van der Waals surface area contributed by atoms with E-state index in [0.717, 1.165) is 12.2 Å². The lowest BCUT2D eigenvalue weighted by Crippen LogP contribution is -2.55. The molecule has 3 atom stereocenters. The van der Waals surface area contributed by atoms with Crippen molar-refractivity contribution in [1.29, 1.82) is 0 Å². The van der Waals surface area contributed by atoms with E-state index in [9.17, 15) is 9.59 Å². The number of rotatable bonds is 8. The normalized spacial score (nSPS) is 22.3. The first-order chi connectivity index (χ1) is 16.3. The molecule has 0 fully saturated rings. The second-order valence-electron chi connectivity index (χ2n) is 8.26. The molecule has 0 saturated heterocycles. The van der Waals surface area contributed by atoms with Crippen LogP contribution >= 0.6 is 23.4 Å². The van der Waals surface area contributed by atoms with E-state index in [1.54, 1.807) is 18.7 Å². The fourth-order valence-corrected chi connectivity index (χ4v) is 5.14. The molecule has 11 heteroatoms. The number of methoxy groups -OCH3 is 2. The Kier molecular flexibility index (Phi) is 6.82. The number of benzene rings is 1. The standard InChI is InChI=1S/C23H26ClN3O6S/c1-11-8-13(26-14(6-7-34-5)22-25-12(2)27-33-22)9-17(28)23(11)21(29)18-15(30-3)10-16(31-4)19(24)20(18)32-23/h9-11,14,26H,6-8H2,1-5H3/t11-,14+,23+/m1/s1. The maximum atomic E-state index is 13.6. The van der Waals surface area contributed by atoms with Gasteiger partial charge in [0.25, 0.3) is 0 Å². The van der Waals surface area contributed by atoms with Crippen molar-refractivity contribution < 1.29 is 28.3 Å². The molecule has 1 aliphatic heterocycles. The highest BCUT2D eigenvalue weighted by Crippen LogP contribution is 2.53. The summed E-state index contributed by atoms with van der Waals surface area (Å²) in [5.41, 5.74) is -0.891. The number of aromatic nitrogens is 2. The number of aryl methyl sites for hydroxylation is 1. The van der Waals surface area contributed by atoms with Crippen LogP contribution in [0.3, 0.4) is 0 Å². The molecule has 0 bridgehead atoms. The van der Waals surface area contributed by atoms with E-state index in [-0.39, 0.29) is 28.1 Å². The minimum atomic E-state index is -1.72. The van der Waals surface area contributed by atoms with E-state index in [1.165, 1.54) is 26.4 Å².